The van der Waals surface area contributed by atoms with Crippen LogP contribution in [0.25, 0.3) is 0 Å². The highest BCUT2D eigenvalue weighted by Crippen LogP contribution is 2.29. The van der Waals surface area contributed by atoms with Crippen LogP contribution in [0.5, 0.6) is 0 Å². The first-order chi connectivity index (χ1) is 10.1. The quantitative estimate of drug-likeness (QED) is 0.856. The number of amides is 1. The van der Waals surface area contributed by atoms with E-state index in [1.54, 1.807) is 0 Å². The monoisotopic (exact) mass is 303 g/mol. The van der Waals surface area contributed by atoms with E-state index in [0.29, 0.717) is 10.6 Å². The van der Waals surface area contributed by atoms with Crippen LogP contribution in [0, 0.1) is 5.92 Å². The second-order valence-corrected chi connectivity index (χ2v) is 6.42. The van der Waals surface area contributed by atoms with E-state index in [4.69, 9.17) is 18.0 Å². The van der Waals surface area contributed by atoms with Gasteiger partial charge in [0.2, 0.25) is 0 Å². The normalized spacial score (nSPS) is 19.5. The molecule has 5 heteroatoms. The van der Waals surface area contributed by atoms with Gasteiger partial charge >= 0.3 is 0 Å². The third-order valence-electron chi connectivity index (χ3n) is 4.29. The molecule has 2 N–H and O–H groups in total. The van der Waals surface area contributed by atoms with Crippen molar-refractivity contribution >= 4 is 23.1 Å². The SMILES string of the molecule is NC(=S)c1ccc(C(=O)N2CCN(CC3CC3)CC2)cc1. The van der Waals surface area contributed by atoms with Gasteiger partial charge in [-0.05, 0) is 30.9 Å². The number of hydrogen-bond donors (Lipinski definition) is 1. The molecule has 2 fully saturated rings. The molecule has 0 bridgehead atoms. The number of benzene rings is 1. The van der Waals surface area contributed by atoms with E-state index in [-0.39, 0.29) is 5.91 Å². The zero-order valence-electron chi connectivity index (χ0n) is 12.1. The van der Waals surface area contributed by atoms with Crippen molar-refractivity contribution in [2.24, 2.45) is 11.7 Å². The molecule has 0 spiro atoms. The molecule has 0 atom stereocenters. The highest BCUT2D eigenvalue weighted by atomic mass is 32.1. The molecule has 1 aromatic rings. The Morgan fingerprint density at radius 3 is 2.19 bits per heavy atom. The maximum Gasteiger partial charge on any atom is 0.253 e. The predicted molar refractivity (Wildman–Crippen MR) is 87.4 cm³/mol. The van der Waals surface area contributed by atoms with E-state index in [1.807, 2.05) is 29.2 Å². The average Bonchev–Trinajstić information content (AvgIpc) is 3.31. The Labute approximate surface area is 130 Å². The second-order valence-electron chi connectivity index (χ2n) is 5.98. The number of carbonyl (C=O) groups is 1. The summed E-state index contributed by atoms with van der Waals surface area (Å²) in [4.78, 5) is 17.3. The Morgan fingerprint density at radius 2 is 1.67 bits per heavy atom. The fraction of sp³-hybridized carbons (Fsp3) is 0.500. The summed E-state index contributed by atoms with van der Waals surface area (Å²) >= 11 is 4.93. The van der Waals surface area contributed by atoms with Gasteiger partial charge in [-0.15, -0.1) is 0 Å². The van der Waals surface area contributed by atoms with Crippen molar-refractivity contribution in [3.8, 4) is 0 Å². The number of rotatable bonds is 4. The van der Waals surface area contributed by atoms with E-state index in [2.05, 4.69) is 4.90 Å². The van der Waals surface area contributed by atoms with Crippen LogP contribution < -0.4 is 5.73 Å². The van der Waals surface area contributed by atoms with Crippen molar-refractivity contribution in [2.45, 2.75) is 12.8 Å². The molecule has 0 aromatic heterocycles. The first-order valence-corrected chi connectivity index (χ1v) is 7.96. The lowest BCUT2D eigenvalue weighted by Crippen LogP contribution is -2.49. The van der Waals surface area contributed by atoms with Gasteiger partial charge in [0.1, 0.15) is 4.99 Å². The van der Waals surface area contributed by atoms with Gasteiger partial charge in [-0.2, -0.15) is 0 Å². The first kappa shape index (κ1) is 14.5. The van der Waals surface area contributed by atoms with Gasteiger partial charge in [-0.3, -0.25) is 9.69 Å². The third kappa shape index (κ3) is 3.60. The first-order valence-electron chi connectivity index (χ1n) is 7.55. The Bertz CT molecular complexity index is 531. The fourth-order valence-electron chi connectivity index (χ4n) is 2.76. The van der Waals surface area contributed by atoms with Crippen LogP contribution in [-0.2, 0) is 0 Å². The minimum Gasteiger partial charge on any atom is -0.389 e. The maximum absolute atomic E-state index is 12.5. The zero-order valence-corrected chi connectivity index (χ0v) is 12.9. The lowest BCUT2D eigenvalue weighted by molar-refractivity contribution is 0.0632. The van der Waals surface area contributed by atoms with Crippen LogP contribution in [0.2, 0.25) is 0 Å². The van der Waals surface area contributed by atoms with E-state index < -0.39 is 0 Å². The maximum atomic E-state index is 12.5. The van der Waals surface area contributed by atoms with Crippen molar-refractivity contribution in [1.29, 1.82) is 0 Å². The molecule has 21 heavy (non-hydrogen) atoms. The Kier molecular flexibility index (Phi) is 4.22. The molecule has 1 aliphatic carbocycles. The van der Waals surface area contributed by atoms with Gasteiger partial charge in [-0.1, -0.05) is 24.4 Å². The Hall–Kier alpha value is -1.46. The van der Waals surface area contributed by atoms with Crippen LogP contribution in [-0.4, -0.2) is 53.4 Å². The van der Waals surface area contributed by atoms with Crippen LogP contribution in [0.1, 0.15) is 28.8 Å². The second kappa shape index (κ2) is 6.12. The summed E-state index contributed by atoms with van der Waals surface area (Å²) in [6.45, 7) is 4.84. The standard InChI is InChI=1S/C16H21N3OS/c17-15(21)13-3-5-14(6-4-13)16(20)19-9-7-18(8-10-19)11-12-1-2-12/h3-6,12H,1-2,7-11H2,(H2,17,21). The molecule has 1 amide bonds. The molecule has 2 aliphatic rings. The number of hydrogen-bond acceptors (Lipinski definition) is 3. The summed E-state index contributed by atoms with van der Waals surface area (Å²) in [5.41, 5.74) is 7.09. The Balaban J connectivity index is 1.56. The molecule has 3 rings (SSSR count). The van der Waals surface area contributed by atoms with Gasteiger partial charge in [0.05, 0.1) is 0 Å². The fourth-order valence-corrected chi connectivity index (χ4v) is 2.89. The summed E-state index contributed by atoms with van der Waals surface area (Å²) < 4.78 is 0. The summed E-state index contributed by atoms with van der Waals surface area (Å²) in [6, 6.07) is 7.26. The van der Waals surface area contributed by atoms with Gasteiger partial charge in [0.25, 0.3) is 5.91 Å². The molecule has 1 saturated heterocycles. The van der Waals surface area contributed by atoms with Crippen LogP contribution in [0.4, 0.5) is 0 Å². The van der Waals surface area contributed by atoms with Crippen molar-refractivity contribution in [1.82, 2.24) is 9.80 Å². The number of carbonyl (C=O) groups excluding carboxylic acids is 1. The van der Waals surface area contributed by atoms with E-state index in [1.165, 1.54) is 19.4 Å². The van der Waals surface area contributed by atoms with Gasteiger partial charge < -0.3 is 10.6 Å². The third-order valence-corrected chi connectivity index (χ3v) is 4.52. The van der Waals surface area contributed by atoms with E-state index >= 15 is 0 Å². The predicted octanol–water partition coefficient (Wildman–Crippen LogP) is 1.49. The van der Waals surface area contributed by atoms with Crippen LogP contribution in [0.15, 0.2) is 24.3 Å². The summed E-state index contributed by atoms with van der Waals surface area (Å²) in [6.07, 6.45) is 2.77. The van der Waals surface area contributed by atoms with Crippen LogP contribution in [0.3, 0.4) is 0 Å². The minimum atomic E-state index is 0.107. The molecule has 1 saturated carbocycles. The summed E-state index contributed by atoms with van der Waals surface area (Å²) in [5, 5.41) is 0. The smallest absolute Gasteiger partial charge is 0.253 e. The largest absolute Gasteiger partial charge is 0.389 e. The van der Waals surface area contributed by atoms with Crippen molar-refractivity contribution in [3.63, 3.8) is 0 Å². The highest BCUT2D eigenvalue weighted by molar-refractivity contribution is 7.80. The van der Waals surface area contributed by atoms with Crippen LogP contribution >= 0.6 is 12.2 Å². The number of thiocarbonyl (C=S) groups is 1. The number of piperazine rings is 1. The lowest BCUT2D eigenvalue weighted by Gasteiger charge is -2.34. The number of nitrogens with two attached hydrogens (primary N) is 1. The topological polar surface area (TPSA) is 49.6 Å². The number of nitrogens with zero attached hydrogens (tertiary/aromatic N) is 2. The zero-order chi connectivity index (χ0) is 14.8. The van der Waals surface area contributed by atoms with E-state index in [0.717, 1.165) is 37.7 Å². The highest BCUT2D eigenvalue weighted by Gasteiger charge is 2.27. The van der Waals surface area contributed by atoms with Gasteiger partial charge in [0.15, 0.2) is 0 Å². The summed E-state index contributed by atoms with van der Waals surface area (Å²) in [7, 11) is 0. The lowest BCUT2D eigenvalue weighted by atomic mass is 10.1. The molecule has 1 aliphatic heterocycles. The molecule has 112 valence electrons. The van der Waals surface area contributed by atoms with Crippen molar-refractivity contribution < 1.29 is 4.79 Å². The minimum absolute atomic E-state index is 0.107. The van der Waals surface area contributed by atoms with Crippen molar-refractivity contribution in [3.05, 3.63) is 35.4 Å². The molecular formula is C16H21N3OS. The molecule has 1 heterocycles. The molecule has 0 radical (unpaired) electrons. The molecule has 0 unspecified atom stereocenters. The molecule has 1 aromatic carbocycles. The molecule has 4 nitrogen and oxygen atoms in total. The van der Waals surface area contributed by atoms with Gasteiger partial charge in [0, 0.05) is 43.9 Å². The van der Waals surface area contributed by atoms with E-state index in [9.17, 15) is 4.79 Å². The average molecular weight is 303 g/mol. The summed E-state index contributed by atoms with van der Waals surface area (Å²) in [5.74, 6) is 1.02. The van der Waals surface area contributed by atoms with Gasteiger partial charge in [-0.25, -0.2) is 0 Å². The molecular weight excluding hydrogens is 282 g/mol. The van der Waals surface area contributed by atoms with Crippen molar-refractivity contribution in [2.75, 3.05) is 32.7 Å². The Morgan fingerprint density at radius 1 is 1.10 bits per heavy atom.